The Kier molecular flexibility index (Phi) is 3.05. The maximum Gasteiger partial charge on any atom is 0.130 e. The van der Waals surface area contributed by atoms with Crippen molar-refractivity contribution in [3.63, 3.8) is 0 Å². The van der Waals surface area contributed by atoms with E-state index in [4.69, 9.17) is 4.74 Å². The van der Waals surface area contributed by atoms with Gasteiger partial charge in [0.15, 0.2) is 0 Å². The van der Waals surface area contributed by atoms with Gasteiger partial charge >= 0.3 is 0 Å². The number of ether oxygens (including phenoxy) is 1. The predicted octanol–water partition coefficient (Wildman–Crippen LogP) is 3.22. The molecule has 96 valence electrons. The molecule has 0 amide bonds. The summed E-state index contributed by atoms with van der Waals surface area (Å²) >= 11 is 1.67. The third-order valence-electron chi connectivity index (χ3n) is 2.83. The summed E-state index contributed by atoms with van der Waals surface area (Å²) in [5.74, 6) is 0.838. The number of hydrogen-bond donors (Lipinski definition) is 0. The first-order chi connectivity index (χ1) is 9.28. The van der Waals surface area contributed by atoms with Crippen molar-refractivity contribution in [3.8, 4) is 27.6 Å². The molecule has 0 unspecified atom stereocenters. The highest BCUT2D eigenvalue weighted by Gasteiger charge is 2.14. The van der Waals surface area contributed by atoms with E-state index < -0.39 is 0 Å². The van der Waals surface area contributed by atoms with Gasteiger partial charge < -0.3 is 4.74 Å². The number of methoxy groups -OCH3 is 1. The van der Waals surface area contributed by atoms with Crippen LogP contribution in [0.5, 0.6) is 5.75 Å². The van der Waals surface area contributed by atoms with E-state index in [9.17, 15) is 0 Å². The molecule has 19 heavy (non-hydrogen) atoms. The zero-order valence-corrected chi connectivity index (χ0v) is 11.5. The number of aryl methyl sites for hydroxylation is 1. The summed E-state index contributed by atoms with van der Waals surface area (Å²) in [6.45, 7) is 0. The van der Waals surface area contributed by atoms with Gasteiger partial charge in [-0.1, -0.05) is 6.07 Å². The molecule has 0 aliphatic carbocycles. The SMILES string of the molecule is COc1ccc(-c2nn(C)nc2-c2cccs2)cc1. The molecule has 1 aromatic carbocycles. The second-order valence-corrected chi connectivity index (χ2v) is 5.04. The first kappa shape index (κ1) is 11.9. The van der Waals surface area contributed by atoms with E-state index in [0.29, 0.717) is 0 Å². The van der Waals surface area contributed by atoms with Crippen LogP contribution in [0.1, 0.15) is 0 Å². The quantitative estimate of drug-likeness (QED) is 0.734. The molecular formula is C14H13N3OS. The first-order valence-electron chi connectivity index (χ1n) is 5.87. The van der Waals surface area contributed by atoms with E-state index >= 15 is 0 Å². The second kappa shape index (κ2) is 4.85. The van der Waals surface area contributed by atoms with Gasteiger partial charge in [0.1, 0.15) is 17.1 Å². The van der Waals surface area contributed by atoms with E-state index in [1.807, 2.05) is 42.8 Å². The molecule has 0 bridgehead atoms. The summed E-state index contributed by atoms with van der Waals surface area (Å²) in [6, 6.07) is 11.9. The molecule has 3 rings (SSSR count). The number of rotatable bonds is 3. The average Bonchev–Trinajstić information content (AvgIpc) is 3.07. The third-order valence-corrected chi connectivity index (χ3v) is 3.71. The lowest BCUT2D eigenvalue weighted by molar-refractivity contribution is 0.415. The van der Waals surface area contributed by atoms with Crippen LogP contribution in [0.25, 0.3) is 21.8 Å². The molecule has 0 atom stereocenters. The Hall–Kier alpha value is -2.14. The zero-order valence-electron chi connectivity index (χ0n) is 10.7. The van der Waals surface area contributed by atoms with Gasteiger partial charge in [0, 0.05) is 12.6 Å². The van der Waals surface area contributed by atoms with Crippen molar-refractivity contribution in [2.24, 2.45) is 7.05 Å². The molecule has 5 heteroatoms. The van der Waals surface area contributed by atoms with E-state index in [-0.39, 0.29) is 0 Å². The number of thiophene rings is 1. The molecule has 0 saturated carbocycles. The smallest absolute Gasteiger partial charge is 0.130 e. The van der Waals surface area contributed by atoms with Crippen LogP contribution in [-0.4, -0.2) is 22.1 Å². The van der Waals surface area contributed by atoms with Crippen molar-refractivity contribution in [1.82, 2.24) is 15.0 Å². The van der Waals surface area contributed by atoms with Crippen molar-refractivity contribution < 1.29 is 4.74 Å². The molecular weight excluding hydrogens is 258 g/mol. The second-order valence-electron chi connectivity index (χ2n) is 4.09. The highest BCUT2D eigenvalue weighted by atomic mass is 32.1. The van der Waals surface area contributed by atoms with E-state index in [1.54, 1.807) is 23.2 Å². The molecule has 2 aromatic heterocycles. The van der Waals surface area contributed by atoms with Gasteiger partial charge in [0.25, 0.3) is 0 Å². The van der Waals surface area contributed by atoms with Gasteiger partial charge in [-0.3, -0.25) is 0 Å². The lowest BCUT2D eigenvalue weighted by Gasteiger charge is -2.01. The topological polar surface area (TPSA) is 39.9 Å². The minimum atomic E-state index is 0.838. The molecule has 0 radical (unpaired) electrons. The first-order valence-corrected chi connectivity index (χ1v) is 6.75. The molecule has 0 saturated heterocycles. The van der Waals surface area contributed by atoms with E-state index in [2.05, 4.69) is 16.3 Å². The fourth-order valence-electron chi connectivity index (χ4n) is 1.93. The van der Waals surface area contributed by atoms with Gasteiger partial charge in [-0.25, -0.2) is 0 Å². The molecule has 2 heterocycles. The summed E-state index contributed by atoms with van der Waals surface area (Å²) in [6.07, 6.45) is 0. The van der Waals surface area contributed by atoms with Gasteiger partial charge in [-0.2, -0.15) is 15.0 Å². The molecule has 0 N–H and O–H groups in total. The zero-order chi connectivity index (χ0) is 13.2. The van der Waals surface area contributed by atoms with Crippen LogP contribution in [0.2, 0.25) is 0 Å². The van der Waals surface area contributed by atoms with Crippen molar-refractivity contribution in [2.45, 2.75) is 0 Å². The Morgan fingerprint density at radius 1 is 1.05 bits per heavy atom. The minimum Gasteiger partial charge on any atom is -0.497 e. The largest absolute Gasteiger partial charge is 0.497 e. The van der Waals surface area contributed by atoms with Crippen LogP contribution in [0.15, 0.2) is 41.8 Å². The maximum atomic E-state index is 5.17. The summed E-state index contributed by atoms with van der Waals surface area (Å²) in [5, 5.41) is 11.0. The van der Waals surface area contributed by atoms with Gasteiger partial charge in [0.2, 0.25) is 0 Å². The van der Waals surface area contributed by atoms with Crippen LogP contribution in [0.4, 0.5) is 0 Å². The number of aromatic nitrogens is 3. The van der Waals surface area contributed by atoms with Gasteiger partial charge in [-0.15, -0.1) is 11.3 Å². The Labute approximate surface area is 115 Å². The van der Waals surface area contributed by atoms with Gasteiger partial charge in [0.05, 0.1) is 12.0 Å². The Morgan fingerprint density at radius 2 is 1.79 bits per heavy atom. The predicted molar refractivity (Wildman–Crippen MR) is 76.3 cm³/mol. The molecule has 0 aliphatic rings. The third kappa shape index (κ3) is 2.24. The summed E-state index contributed by atoms with van der Waals surface area (Å²) in [5.41, 5.74) is 2.85. The van der Waals surface area contributed by atoms with Crippen LogP contribution in [-0.2, 0) is 7.05 Å². The molecule has 0 fully saturated rings. The van der Waals surface area contributed by atoms with Crippen molar-refractivity contribution in [1.29, 1.82) is 0 Å². The van der Waals surface area contributed by atoms with Crippen LogP contribution in [0.3, 0.4) is 0 Å². The average molecular weight is 271 g/mol. The lowest BCUT2D eigenvalue weighted by Crippen LogP contribution is -1.91. The maximum absolute atomic E-state index is 5.17. The number of benzene rings is 1. The van der Waals surface area contributed by atoms with Crippen LogP contribution >= 0.6 is 11.3 Å². The fourth-order valence-corrected chi connectivity index (χ4v) is 2.64. The molecule has 4 nitrogen and oxygen atoms in total. The fraction of sp³-hybridized carbons (Fsp3) is 0.143. The Balaban J connectivity index is 2.09. The van der Waals surface area contributed by atoms with Crippen LogP contribution < -0.4 is 4.74 Å². The van der Waals surface area contributed by atoms with E-state index in [1.165, 1.54) is 0 Å². The standard InChI is InChI=1S/C14H13N3OS/c1-17-15-13(10-5-7-11(18-2)8-6-10)14(16-17)12-4-3-9-19-12/h3-9H,1-2H3. The normalized spacial score (nSPS) is 10.6. The highest BCUT2D eigenvalue weighted by molar-refractivity contribution is 7.13. The number of nitrogens with zero attached hydrogens (tertiary/aromatic N) is 3. The highest BCUT2D eigenvalue weighted by Crippen LogP contribution is 2.32. The molecule has 0 aliphatic heterocycles. The summed E-state index contributed by atoms with van der Waals surface area (Å²) in [7, 11) is 3.50. The monoisotopic (exact) mass is 271 g/mol. The Bertz CT molecular complexity index is 671. The van der Waals surface area contributed by atoms with Crippen molar-refractivity contribution >= 4 is 11.3 Å². The van der Waals surface area contributed by atoms with E-state index in [0.717, 1.165) is 27.6 Å². The van der Waals surface area contributed by atoms with Crippen molar-refractivity contribution in [2.75, 3.05) is 7.11 Å². The van der Waals surface area contributed by atoms with Crippen LogP contribution in [0, 0.1) is 0 Å². The minimum absolute atomic E-state index is 0.838. The molecule has 0 spiro atoms. The van der Waals surface area contributed by atoms with Gasteiger partial charge in [-0.05, 0) is 35.7 Å². The number of hydrogen-bond acceptors (Lipinski definition) is 4. The summed E-state index contributed by atoms with van der Waals surface area (Å²) < 4.78 is 5.17. The summed E-state index contributed by atoms with van der Waals surface area (Å²) in [4.78, 5) is 2.73. The lowest BCUT2D eigenvalue weighted by atomic mass is 10.1. The van der Waals surface area contributed by atoms with Crippen molar-refractivity contribution in [3.05, 3.63) is 41.8 Å². The Morgan fingerprint density at radius 3 is 2.42 bits per heavy atom. The molecule has 3 aromatic rings.